The molecule has 0 heterocycles. The van der Waals surface area contributed by atoms with Gasteiger partial charge >= 0.3 is 0 Å². The first-order valence-electron chi connectivity index (χ1n) is 7.32. The maximum Gasteiger partial charge on any atom is 0.244 e. The van der Waals surface area contributed by atoms with Crippen LogP contribution in [0.15, 0.2) is 53.4 Å². The Morgan fingerprint density at radius 3 is 2.55 bits per heavy atom. The van der Waals surface area contributed by atoms with Gasteiger partial charge in [-0.3, -0.25) is 0 Å². The van der Waals surface area contributed by atoms with Crippen molar-refractivity contribution in [3.05, 3.63) is 64.7 Å². The van der Waals surface area contributed by atoms with E-state index in [0.29, 0.717) is 0 Å². The van der Waals surface area contributed by atoms with E-state index in [2.05, 4.69) is 6.07 Å². The van der Waals surface area contributed by atoms with Crippen LogP contribution in [0.2, 0.25) is 5.02 Å². The molecule has 0 saturated heterocycles. The van der Waals surface area contributed by atoms with Crippen molar-refractivity contribution in [1.29, 1.82) is 0 Å². The fraction of sp³-hybridized carbons (Fsp3) is 0.294. The standard InChI is InChI=1S/C17H18ClNO2S/c1-19(22(20,21)17-12-5-4-10-15(17)18)16-11-6-8-13-7-2-3-9-14(13)16/h2-5,7,9-10,12,16H,6,8,11H2,1H3/t16-/m0/s1. The Kier molecular flexibility index (Phi) is 4.26. The van der Waals surface area contributed by atoms with Crippen molar-refractivity contribution < 1.29 is 8.42 Å². The van der Waals surface area contributed by atoms with Crippen LogP contribution in [0.25, 0.3) is 0 Å². The minimum Gasteiger partial charge on any atom is -0.207 e. The van der Waals surface area contributed by atoms with Crippen molar-refractivity contribution >= 4 is 21.6 Å². The molecule has 0 aliphatic heterocycles. The SMILES string of the molecule is CN([C@H]1CCCc2ccccc21)S(=O)(=O)c1ccccc1Cl. The molecule has 0 N–H and O–H groups in total. The maximum atomic E-state index is 12.9. The molecule has 0 aromatic heterocycles. The Labute approximate surface area is 136 Å². The van der Waals surface area contributed by atoms with Crippen LogP contribution in [0.3, 0.4) is 0 Å². The molecule has 116 valence electrons. The van der Waals surface area contributed by atoms with Crippen molar-refractivity contribution in [2.75, 3.05) is 7.05 Å². The van der Waals surface area contributed by atoms with Crippen LogP contribution in [-0.4, -0.2) is 19.8 Å². The van der Waals surface area contributed by atoms with E-state index in [0.717, 1.165) is 24.8 Å². The second-order valence-electron chi connectivity index (χ2n) is 5.56. The van der Waals surface area contributed by atoms with E-state index in [1.54, 1.807) is 31.3 Å². The van der Waals surface area contributed by atoms with Crippen LogP contribution in [0.4, 0.5) is 0 Å². The quantitative estimate of drug-likeness (QED) is 0.849. The molecule has 0 unspecified atom stereocenters. The Hall–Kier alpha value is -1.36. The highest BCUT2D eigenvalue weighted by Crippen LogP contribution is 2.37. The third-order valence-electron chi connectivity index (χ3n) is 4.27. The number of rotatable bonds is 3. The summed E-state index contributed by atoms with van der Waals surface area (Å²) in [4.78, 5) is 0.169. The fourth-order valence-electron chi connectivity index (χ4n) is 3.08. The Morgan fingerprint density at radius 1 is 1.09 bits per heavy atom. The average Bonchev–Trinajstić information content (AvgIpc) is 2.54. The highest BCUT2D eigenvalue weighted by Gasteiger charge is 2.32. The zero-order valence-electron chi connectivity index (χ0n) is 12.4. The van der Waals surface area contributed by atoms with Crippen molar-refractivity contribution in [2.45, 2.75) is 30.2 Å². The number of aryl methyl sites for hydroxylation is 1. The van der Waals surface area contributed by atoms with Crippen molar-refractivity contribution in [3.8, 4) is 0 Å². The monoisotopic (exact) mass is 335 g/mol. The summed E-state index contributed by atoms with van der Waals surface area (Å²) in [5.41, 5.74) is 2.34. The topological polar surface area (TPSA) is 37.4 Å². The summed E-state index contributed by atoms with van der Waals surface area (Å²) in [6.07, 6.45) is 2.83. The van der Waals surface area contributed by atoms with Gasteiger partial charge in [-0.2, -0.15) is 4.31 Å². The van der Waals surface area contributed by atoms with Gasteiger partial charge in [0.1, 0.15) is 4.90 Å². The molecule has 0 bridgehead atoms. The summed E-state index contributed by atoms with van der Waals surface area (Å²) in [5, 5.41) is 0.262. The summed E-state index contributed by atoms with van der Waals surface area (Å²) in [7, 11) is -1.97. The van der Waals surface area contributed by atoms with Gasteiger partial charge in [0.2, 0.25) is 10.0 Å². The molecule has 22 heavy (non-hydrogen) atoms. The number of benzene rings is 2. The van der Waals surface area contributed by atoms with Crippen molar-refractivity contribution in [1.82, 2.24) is 4.31 Å². The molecule has 0 saturated carbocycles. The lowest BCUT2D eigenvalue weighted by Gasteiger charge is -2.32. The van der Waals surface area contributed by atoms with E-state index in [1.807, 2.05) is 18.2 Å². The average molecular weight is 336 g/mol. The normalized spacial score (nSPS) is 18.2. The molecule has 2 aromatic rings. The third-order valence-corrected chi connectivity index (χ3v) is 6.64. The number of fused-ring (bicyclic) bond motifs is 1. The molecular formula is C17H18ClNO2S. The number of sulfonamides is 1. The van der Waals surface area contributed by atoms with E-state index in [4.69, 9.17) is 11.6 Å². The highest BCUT2D eigenvalue weighted by atomic mass is 35.5. The molecule has 0 radical (unpaired) electrons. The summed E-state index contributed by atoms with van der Waals surface area (Å²) >= 11 is 6.09. The second kappa shape index (κ2) is 6.03. The smallest absolute Gasteiger partial charge is 0.207 e. The van der Waals surface area contributed by atoms with E-state index in [-0.39, 0.29) is 16.0 Å². The zero-order chi connectivity index (χ0) is 15.7. The lowest BCUT2D eigenvalue weighted by molar-refractivity contribution is 0.337. The van der Waals surface area contributed by atoms with Gasteiger partial charge in [0.15, 0.2) is 0 Å². The Bertz CT molecular complexity index is 789. The Morgan fingerprint density at radius 2 is 1.77 bits per heavy atom. The summed E-state index contributed by atoms with van der Waals surface area (Å²) in [6, 6.07) is 14.5. The molecule has 0 spiro atoms. The van der Waals surface area contributed by atoms with Gasteiger partial charge in [0.25, 0.3) is 0 Å². The number of nitrogens with zero attached hydrogens (tertiary/aromatic N) is 1. The van der Waals surface area contributed by atoms with Crippen LogP contribution in [0, 0.1) is 0 Å². The minimum absolute atomic E-state index is 0.133. The molecular weight excluding hydrogens is 318 g/mol. The molecule has 1 aliphatic carbocycles. The predicted molar refractivity (Wildman–Crippen MR) is 88.5 cm³/mol. The molecule has 1 aliphatic rings. The second-order valence-corrected chi connectivity index (χ2v) is 7.93. The molecule has 5 heteroatoms. The van der Waals surface area contributed by atoms with Gasteiger partial charge in [-0.1, -0.05) is 48.0 Å². The molecule has 3 nitrogen and oxygen atoms in total. The minimum atomic E-state index is -3.61. The van der Waals surface area contributed by atoms with Gasteiger partial charge in [-0.05, 0) is 42.5 Å². The van der Waals surface area contributed by atoms with Crippen LogP contribution >= 0.6 is 11.6 Å². The number of halogens is 1. The van der Waals surface area contributed by atoms with E-state index in [9.17, 15) is 8.42 Å². The number of hydrogen-bond acceptors (Lipinski definition) is 2. The van der Waals surface area contributed by atoms with Crippen LogP contribution < -0.4 is 0 Å². The molecule has 2 aromatic carbocycles. The molecule has 0 fully saturated rings. The predicted octanol–water partition coefficient (Wildman–Crippen LogP) is 4.04. The van der Waals surface area contributed by atoms with Gasteiger partial charge < -0.3 is 0 Å². The molecule has 1 atom stereocenters. The lowest BCUT2D eigenvalue weighted by Crippen LogP contribution is -2.33. The van der Waals surface area contributed by atoms with Crippen LogP contribution in [0.5, 0.6) is 0 Å². The molecule has 3 rings (SSSR count). The van der Waals surface area contributed by atoms with E-state index in [1.165, 1.54) is 9.87 Å². The first-order chi connectivity index (χ1) is 10.5. The van der Waals surface area contributed by atoms with Crippen molar-refractivity contribution in [3.63, 3.8) is 0 Å². The molecule has 0 amide bonds. The van der Waals surface area contributed by atoms with E-state index < -0.39 is 10.0 Å². The van der Waals surface area contributed by atoms with Crippen molar-refractivity contribution in [2.24, 2.45) is 0 Å². The van der Waals surface area contributed by atoms with Crippen LogP contribution in [0.1, 0.15) is 30.0 Å². The highest BCUT2D eigenvalue weighted by molar-refractivity contribution is 7.89. The maximum absolute atomic E-state index is 12.9. The van der Waals surface area contributed by atoms with Gasteiger partial charge in [0, 0.05) is 13.1 Å². The van der Waals surface area contributed by atoms with Gasteiger partial charge in [0.05, 0.1) is 5.02 Å². The lowest BCUT2D eigenvalue weighted by atomic mass is 9.88. The third kappa shape index (κ3) is 2.67. The number of hydrogen-bond donors (Lipinski definition) is 0. The summed E-state index contributed by atoms with van der Waals surface area (Å²) < 4.78 is 27.3. The summed E-state index contributed by atoms with van der Waals surface area (Å²) in [6.45, 7) is 0. The van der Waals surface area contributed by atoms with Gasteiger partial charge in [-0.25, -0.2) is 8.42 Å². The van der Waals surface area contributed by atoms with Crippen LogP contribution in [-0.2, 0) is 16.4 Å². The fourth-order valence-corrected chi connectivity index (χ4v) is 4.94. The zero-order valence-corrected chi connectivity index (χ0v) is 13.9. The van der Waals surface area contributed by atoms with Gasteiger partial charge in [-0.15, -0.1) is 0 Å². The Balaban J connectivity index is 2.02. The largest absolute Gasteiger partial charge is 0.244 e. The first-order valence-corrected chi connectivity index (χ1v) is 9.14. The summed E-state index contributed by atoms with van der Waals surface area (Å²) in [5.74, 6) is 0. The first kappa shape index (κ1) is 15.5. The van der Waals surface area contributed by atoms with E-state index >= 15 is 0 Å².